The summed E-state index contributed by atoms with van der Waals surface area (Å²) in [6, 6.07) is 4.31. The average Bonchev–Trinajstić information content (AvgIpc) is 3.06. The standard InChI is InChI=1S/C12H8FN7/c13-8-2-1-6(14)3-7(8)11-18-19-12-9-10(16-4-15-9)17-5-20(11)12/h1-5H,14H2,(H,15,16). The molecular weight excluding hydrogens is 261 g/mol. The highest BCUT2D eigenvalue weighted by Crippen LogP contribution is 2.25. The number of nitrogens with two attached hydrogens (primary N) is 1. The van der Waals surface area contributed by atoms with Crippen LogP contribution < -0.4 is 5.73 Å². The minimum Gasteiger partial charge on any atom is -0.399 e. The van der Waals surface area contributed by atoms with Crippen molar-refractivity contribution >= 4 is 22.5 Å². The molecule has 20 heavy (non-hydrogen) atoms. The number of halogens is 1. The number of nitrogens with zero attached hydrogens (tertiary/aromatic N) is 5. The Balaban J connectivity index is 2.07. The summed E-state index contributed by atoms with van der Waals surface area (Å²) in [5.41, 5.74) is 8.14. The Morgan fingerprint density at radius 3 is 3.00 bits per heavy atom. The van der Waals surface area contributed by atoms with E-state index in [9.17, 15) is 4.39 Å². The van der Waals surface area contributed by atoms with E-state index >= 15 is 0 Å². The number of fused-ring (bicyclic) bond motifs is 3. The third-order valence-corrected chi connectivity index (χ3v) is 3.07. The Morgan fingerprint density at radius 2 is 2.10 bits per heavy atom. The van der Waals surface area contributed by atoms with Crippen LogP contribution in [0.2, 0.25) is 0 Å². The second-order valence-electron chi connectivity index (χ2n) is 4.30. The van der Waals surface area contributed by atoms with E-state index in [1.54, 1.807) is 4.40 Å². The molecule has 0 aliphatic rings. The second-order valence-corrected chi connectivity index (χ2v) is 4.30. The van der Waals surface area contributed by atoms with E-state index in [0.29, 0.717) is 28.3 Å². The fourth-order valence-corrected chi connectivity index (χ4v) is 2.13. The molecule has 3 heterocycles. The predicted octanol–water partition coefficient (Wildman–Crippen LogP) is 1.39. The molecule has 4 rings (SSSR count). The Hall–Kier alpha value is -3.03. The van der Waals surface area contributed by atoms with Crippen LogP contribution >= 0.6 is 0 Å². The number of hydrogen-bond acceptors (Lipinski definition) is 5. The van der Waals surface area contributed by atoms with Crippen LogP contribution in [0.25, 0.3) is 28.2 Å². The quantitative estimate of drug-likeness (QED) is 0.509. The van der Waals surface area contributed by atoms with Crippen LogP contribution in [0.4, 0.5) is 10.1 Å². The van der Waals surface area contributed by atoms with Gasteiger partial charge in [-0.1, -0.05) is 0 Å². The molecule has 0 radical (unpaired) electrons. The number of hydrogen-bond donors (Lipinski definition) is 2. The number of rotatable bonds is 1. The van der Waals surface area contributed by atoms with Crippen molar-refractivity contribution in [3.8, 4) is 11.4 Å². The largest absolute Gasteiger partial charge is 0.399 e. The highest BCUT2D eigenvalue weighted by molar-refractivity contribution is 5.85. The van der Waals surface area contributed by atoms with Crippen molar-refractivity contribution in [2.75, 3.05) is 5.73 Å². The smallest absolute Gasteiger partial charge is 0.190 e. The number of nitrogen functional groups attached to an aromatic ring is 1. The molecule has 8 heteroatoms. The summed E-state index contributed by atoms with van der Waals surface area (Å²) in [5, 5.41) is 8.09. The molecule has 3 N–H and O–H groups in total. The molecule has 4 aromatic rings. The lowest BCUT2D eigenvalue weighted by Gasteiger charge is -2.02. The zero-order valence-corrected chi connectivity index (χ0v) is 10.1. The van der Waals surface area contributed by atoms with Crippen molar-refractivity contribution in [2.24, 2.45) is 0 Å². The summed E-state index contributed by atoms with van der Waals surface area (Å²) in [7, 11) is 0. The summed E-state index contributed by atoms with van der Waals surface area (Å²) in [5.74, 6) is -0.0768. The molecule has 0 aliphatic heterocycles. The molecule has 0 fully saturated rings. The SMILES string of the molecule is Nc1ccc(F)c(-c2nnc3c4[nH]cnc4ncn23)c1. The van der Waals surface area contributed by atoms with Crippen LogP contribution in [0.15, 0.2) is 30.9 Å². The molecular formula is C12H8FN7. The monoisotopic (exact) mass is 269 g/mol. The van der Waals surface area contributed by atoms with E-state index in [0.717, 1.165) is 0 Å². The molecule has 0 unspecified atom stereocenters. The van der Waals surface area contributed by atoms with Gasteiger partial charge in [0.1, 0.15) is 17.7 Å². The second kappa shape index (κ2) is 3.73. The van der Waals surface area contributed by atoms with Gasteiger partial charge in [-0.25, -0.2) is 14.4 Å². The number of nitrogens with one attached hydrogen (secondary N) is 1. The van der Waals surface area contributed by atoms with Gasteiger partial charge < -0.3 is 10.7 Å². The lowest BCUT2D eigenvalue weighted by molar-refractivity contribution is 0.630. The molecule has 0 atom stereocenters. The summed E-state index contributed by atoms with van der Waals surface area (Å²) >= 11 is 0. The van der Waals surface area contributed by atoms with Crippen molar-refractivity contribution in [3.05, 3.63) is 36.7 Å². The van der Waals surface area contributed by atoms with Crippen LogP contribution in [-0.4, -0.2) is 29.5 Å². The molecule has 7 nitrogen and oxygen atoms in total. The van der Waals surface area contributed by atoms with Crippen molar-refractivity contribution in [2.45, 2.75) is 0 Å². The number of anilines is 1. The van der Waals surface area contributed by atoms with Gasteiger partial charge in [0.25, 0.3) is 0 Å². The summed E-state index contributed by atoms with van der Waals surface area (Å²) in [6.45, 7) is 0. The lowest BCUT2D eigenvalue weighted by Crippen LogP contribution is -1.96. The fraction of sp³-hybridized carbons (Fsp3) is 0. The molecule has 0 spiro atoms. The predicted molar refractivity (Wildman–Crippen MR) is 70.2 cm³/mol. The first-order valence-electron chi connectivity index (χ1n) is 5.82. The van der Waals surface area contributed by atoms with Gasteiger partial charge in [-0.15, -0.1) is 10.2 Å². The Kier molecular flexibility index (Phi) is 2.02. The Morgan fingerprint density at radius 1 is 1.20 bits per heavy atom. The zero-order valence-electron chi connectivity index (χ0n) is 10.1. The lowest BCUT2D eigenvalue weighted by atomic mass is 10.2. The summed E-state index contributed by atoms with van der Waals surface area (Å²) < 4.78 is 15.5. The minimum atomic E-state index is -0.418. The average molecular weight is 269 g/mol. The van der Waals surface area contributed by atoms with Gasteiger partial charge in [-0.3, -0.25) is 4.40 Å². The molecule has 0 saturated carbocycles. The van der Waals surface area contributed by atoms with E-state index in [1.165, 1.54) is 30.9 Å². The first kappa shape index (κ1) is 10.9. The first-order valence-corrected chi connectivity index (χ1v) is 5.82. The molecule has 3 aromatic heterocycles. The van der Waals surface area contributed by atoms with E-state index in [1.807, 2.05) is 0 Å². The molecule has 0 amide bonds. The van der Waals surface area contributed by atoms with Gasteiger partial charge in [0.05, 0.1) is 11.9 Å². The molecule has 0 aliphatic carbocycles. The number of aromatic amines is 1. The van der Waals surface area contributed by atoms with Crippen molar-refractivity contribution in [1.29, 1.82) is 0 Å². The van der Waals surface area contributed by atoms with Gasteiger partial charge in [0, 0.05) is 5.69 Å². The third-order valence-electron chi connectivity index (χ3n) is 3.07. The van der Waals surface area contributed by atoms with Gasteiger partial charge in [0.15, 0.2) is 17.1 Å². The van der Waals surface area contributed by atoms with Crippen molar-refractivity contribution in [1.82, 2.24) is 29.5 Å². The van der Waals surface area contributed by atoms with Crippen LogP contribution in [0.1, 0.15) is 0 Å². The van der Waals surface area contributed by atoms with Gasteiger partial charge in [0.2, 0.25) is 0 Å². The normalized spacial score (nSPS) is 11.4. The number of aromatic nitrogens is 6. The molecule has 0 saturated heterocycles. The minimum absolute atomic E-state index is 0.276. The molecule has 0 bridgehead atoms. The summed E-state index contributed by atoms with van der Waals surface area (Å²) in [6.07, 6.45) is 3.03. The third kappa shape index (κ3) is 1.38. The van der Waals surface area contributed by atoms with E-state index < -0.39 is 5.82 Å². The van der Waals surface area contributed by atoms with Crippen LogP contribution in [0.5, 0.6) is 0 Å². The Labute approximate surface area is 111 Å². The number of imidazole rings is 1. The number of benzene rings is 1. The van der Waals surface area contributed by atoms with Crippen molar-refractivity contribution in [3.63, 3.8) is 0 Å². The maximum Gasteiger partial charge on any atom is 0.190 e. The van der Waals surface area contributed by atoms with E-state index in [-0.39, 0.29) is 5.56 Å². The fourth-order valence-electron chi connectivity index (χ4n) is 2.13. The number of H-pyrrole nitrogens is 1. The Bertz CT molecular complexity index is 939. The van der Waals surface area contributed by atoms with Crippen molar-refractivity contribution < 1.29 is 4.39 Å². The maximum atomic E-state index is 13.9. The van der Waals surface area contributed by atoms with Gasteiger partial charge >= 0.3 is 0 Å². The first-order chi connectivity index (χ1) is 9.74. The zero-order chi connectivity index (χ0) is 13.7. The van der Waals surface area contributed by atoms with Crippen LogP contribution in [-0.2, 0) is 0 Å². The van der Waals surface area contributed by atoms with E-state index in [2.05, 4.69) is 25.1 Å². The topological polar surface area (TPSA) is 97.8 Å². The highest BCUT2D eigenvalue weighted by Gasteiger charge is 2.15. The van der Waals surface area contributed by atoms with Gasteiger partial charge in [-0.05, 0) is 18.2 Å². The maximum absolute atomic E-state index is 13.9. The van der Waals surface area contributed by atoms with Crippen LogP contribution in [0, 0.1) is 5.82 Å². The molecule has 98 valence electrons. The van der Waals surface area contributed by atoms with Crippen LogP contribution in [0.3, 0.4) is 0 Å². The molecule has 1 aromatic carbocycles. The van der Waals surface area contributed by atoms with Gasteiger partial charge in [-0.2, -0.15) is 0 Å². The summed E-state index contributed by atoms with van der Waals surface area (Å²) in [4.78, 5) is 11.1. The van der Waals surface area contributed by atoms with E-state index in [4.69, 9.17) is 5.73 Å². The highest BCUT2D eigenvalue weighted by atomic mass is 19.1.